The number of benzene rings is 2. The summed E-state index contributed by atoms with van der Waals surface area (Å²) in [6, 6.07) is 18.8. The van der Waals surface area contributed by atoms with Crippen molar-refractivity contribution in [3.05, 3.63) is 71.5 Å². The van der Waals surface area contributed by atoms with Gasteiger partial charge >= 0.3 is 0 Å². The van der Waals surface area contributed by atoms with Crippen LogP contribution in [0.5, 0.6) is 0 Å². The lowest BCUT2D eigenvalue weighted by atomic mass is 10.1. The lowest BCUT2D eigenvalue weighted by Crippen LogP contribution is -2.40. The van der Waals surface area contributed by atoms with Gasteiger partial charge in [-0.3, -0.25) is 4.79 Å². The van der Waals surface area contributed by atoms with Gasteiger partial charge in [-0.15, -0.1) is 10.2 Å². The van der Waals surface area contributed by atoms with Crippen molar-refractivity contribution in [3.63, 3.8) is 0 Å². The average molecular weight is 419 g/mol. The predicted molar refractivity (Wildman–Crippen MR) is 120 cm³/mol. The van der Waals surface area contributed by atoms with Gasteiger partial charge < -0.3 is 9.47 Å². The minimum absolute atomic E-state index is 0.139. The summed E-state index contributed by atoms with van der Waals surface area (Å²) in [5.74, 6) is 1.70. The normalized spacial score (nSPS) is 19.0. The number of carbonyl (C=O) groups is 1. The van der Waals surface area contributed by atoms with E-state index in [1.54, 1.807) is 0 Å². The molecule has 1 aliphatic heterocycles. The van der Waals surface area contributed by atoms with Crippen molar-refractivity contribution in [1.82, 2.24) is 14.8 Å². The van der Waals surface area contributed by atoms with Gasteiger partial charge in [0.1, 0.15) is 5.82 Å². The lowest BCUT2D eigenvalue weighted by Gasteiger charge is -2.25. The van der Waals surface area contributed by atoms with Crippen LogP contribution in [0.1, 0.15) is 49.6 Å². The maximum absolute atomic E-state index is 13.4. The topological polar surface area (TPSA) is 51.0 Å². The monoisotopic (exact) mass is 418 g/mol. The smallest absolute Gasteiger partial charge is 0.240 e. The number of para-hydroxylation sites is 1. The molecule has 154 valence electrons. The number of anilines is 1. The Morgan fingerprint density at radius 3 is 2.60 bits per heavy atom. The first-order valence-corrected chi connectivity index (χ1v) is 11.5. The summed E-state index contributed by atoms with van der Waals surface area (Å²) in [5.41, 5.74) is 3.52. The van der Waals surface area contributed by atoms with Gasteiger partial charge in [0.2, 0.25) is 5.91 Å². The number of hydrogen-bond donors (Lipinski definition) is 0. The van der Waals surface area contributed by atoms with Crippen LogP contribution in [-0.2, 0) is 17.8 Å². The zero-order valence-corrected chi connectivity index (χ0v) is 18.2. The van der Waals surface area contributed by atoms with Gasteiger partial charge in [0, 0.05) is 17.6 Å². The highest BCUT2D eigenvalue weighted by molar-refractivity contribution is 8.00. The molecule has 2 aromatic carbocycles. The van der Waals surface area contributed by atoms with E-state index in [2.05, 4.69) is 58.1 Å². The molecule has 1 aliphatic carbocycles. The minimum atomic E-state index is -0.232. The number of amides is 1. The summed E-state index contributed by atoms with van der Waals surface area (Å²) in [4.78, 5) is 15.4. The van der Waals surface area contributed by atoms with E-state index in [0.717, 1.165) is 29.6 Å². The third kappa shape index (κ3) is 3.65. The van der Waals surface area contributed by atoms with Gasteiger partial charge in [-0.1, -0.05) is 60.3 Å². The van der Waals surface area contributed by atoms with Crippen molar-refractivity contribution < 1.29 is 4.79 Å². The van der Waals surface area contributed by atoms with Crippen molar-refractivity contribution in [2.45, 2.75) is 62.0 Å². The standard InChI is InChI=1S/C24H26N4OS/c1-16-14-20-10-6-7-11-21(20)28(16)23(29)17(2)30-24-26-25-22(19-12-13-19)27(24)15-18-8-4-3-5-9-18/h3-11,16-17,19H,12-15H2,1-2H3. The predicted octanol–water partition coefficient (Wildman–Crippen LogP) is 4.66. The van der Waals surface area contributed by atoms with Gasteiger partial charge in [0.05, 0.1) is 11.8 Å². The number of carbonyl (C=O) groups excluding carboxylic acids is 1. The van der Waals surface area contributed by atoms with Crippen LogP contribution in [0.25, 0.3) is 0 Å². The van der Waals surface area contributed by atoms with E-state index < -0.39 is 0 Å². The number of nitrogens with zero attached hydrogens (tertiary/aromatic N) is 4. The second kappa shape index (κ2) is 7.91. The van der Waals surface area contributed by atoms with Crippen molar-refractivity contribution >= 4 is 23.4 Å². The number of fused-ring (bicyclic) bond motifs is 1. The summed E-state index contributed by atoms with van der Waals surface area (Å²) in [6.07, 6.45) is 3.26. The molecule has 5 nitrogen and oxygen atoms in total. The van der Waals surface area contributed by atoms with Crippen LogP contribution in [0.4, 0.5) is 5.69 Å². The lowest BCUT2D eigenvalue weighted by molar-refractivity contribution is -0.118. The largest absolute Gasteiger partial charge is 0.308 e. The molecular weight excluding hydrogens is 392 g/mol. The van der Waals surface area contributed by atoms with Crippen molar-refractivity contribution in [2.75, 3.05) is 4.90 Å². The Bertz CT molecular complexity index is 1060. The molecule has 1 amide bonds. The summed E-state index contributed by atoms with van der Waals surface area (Å²) in [5, 5.41) is 9.60. The van der Waals surface area contributed by atoms with Crippen molar-refractivity contribution in [3.8, 4) is 0 Å². The fourth-order valence-corrected chi connectivity index (χ4v) is 5.15. The van der Waals surface area contributed by atoms with E-state index in [1.807, 2.05) is 30.0 Å². The molecule has 5 rings (SSSR count). The average Bonchev–Trinajstić information content (AvgIpc) is 3.44. The molecule has 1 fully saturated rings. The summed E-state index contributed by atoms with van der Waals surface area (Å²) >= 11 is 1.53. The third-order valence-electron chi connectivity index (χ3n) is 5.95. The molecule has 2 aliphatic rings. The molecule has 0 radical (unpaired) electrons. The molecule has 30 heavy (non-hydrogen) atoms. The molecule has 0 spiro atoms. The Kier molecular flexibility index (Phi) is 5.11. The Balaban J connectivity index is 1.38. The maximum atomic E-state index is 13.4. The Hall–Kier alpha value is -2.60. The van der Waals surface area contributed by atoms with Gasteiger partial charge in [-0.2, -0.15) is 0 Å². The highest BCUT2D eigenvalue weighted by Crippen LogP contribution is 2.41. The van der Waals surface area contributed by atoms with Crippen LogP contribution in [0.15, 0.2) is 59.8 Å². The Morgan fingerprint density at radius 2 is 1.83 bits per heavy atom. The van der Waals surface area contributed by atoms with E-state index in [0.29, 0.717) is 5.92 Å². The van der Waals surface area contributed by atoms with Gasteiger partial charge in [0.15, 0.2) is 5.16 Å². The Morgan fingerprint density at radius 1 is 1.10 bits per heavy atom. The molecule has 2 atom stereocenters. The van der Waals surface area contributed by atoms with Crippen LogP contribution >= 0.6 is 11.8 Å². The molecule has 2 heterocycles. The number of hydrogen-bond acceptors (Lipinski definition) is 4. The van der Waals surface area contributed by atoms with Crippen LogP contribution < -0.4 is 4.90 Å². The summed E-state index contributed by atoms with van der Waals surface area (Å²) in [6.45, 7) is 4.85. The zero-order valence-electron chi connectivity index (χ0n) is 17.4. The second-order valence-electron chi connectivity index (χ2n) is 8.34. The van der Waals surface area contributed by atoms with Crippen LogP contribution in [0.2, 0.25) is 0 Å². The molecule has 2 unspecified atom stereocenters. The molecule has 3 aromatic rings. The number of aromatic nitrogens is 3. The molecule has 0 N–H and O–H groups in total. The highest BCUT2D eigenvalue weighted by Gasteiger charge is 2.35. The first-order chi connectivity index (χ1) is 14.6. The van der Waals surface area contributed by atoms with Crippen molar-refractivity contribution in [1.29, 1.82) is 0 Å². The van der Waals surface area contributed by atoms with E-state index in [1.165, 1.54) is 35.7 Å². The molecule has 0 saturated heterocycles. The third-order valence-corrected chi connectivity index (χ3v) is 7.01. The highest BCUT2D eigenvalue weighted by atomic mass is 32.2. The minimum Gasteiger partial charge on any atom is -0.308 e. The van der Waals surface area contributed by atoms with E-state index in [-0.39, 0.29) is 17.2 Å². The summed E-state index contributed by atoms with van der Waals surface area (Å²) in [7, 11) is 0. The first-order valence-electron chi connectivity index (χ1n) is 10.7. The SMILES string of the molecule is CC(Sc1nnc(C2CC2)n1Cc1ccccc1)C(=O)N1c2ccccc2CC1C. The van der Waals surface area contributed by atoms with E-state index >= 15 is 0 Å². The van der Waals surface area contributed by atoms with Crippen LogP contribution in [0.3, 0.4) is 0 Å². The number of rotatable bonds is 6. The molecule has 6 heteroatoms. The fourth-order valence-electron chi connectivity index (χ4n) is 4.25. The zero-order chi connectivity index (χ0) is 20.7. The van der Waals surface area contributed by atoms with Crippen LogP contribution in [-0.4, -0.2) is 32.0 Å². The molecule has 0 bridgehead atoms. The first kappa shape index (κ1) is 19.4. The van der Waals surface area contributed by atoms with Crippen molar-refractivity contribution in [2.24, 2.45) is 0 Å². The second-order valence-corrected chi connectivity index (χ2v) is 9.64. The molecule has 1 saturated carbocycles. The molecule has 1 aromatic heterocycles. The van der Waals surface area contributed by atoms with Gasteiger partial charge in [-0.25, -0.2) is 0 Å². The quantitative estimate of drug-likeness (QED) is 0.546. The van der Waals surface area contributed by atoms with E-state index in [4.69, 9.17) is 0 Å². The summed E-state index contributed by atoms with van der Waals surface area (Å²) < 4.78 is 2.21. The maximum Gasteiger partial charge on any atom is 0.240 e. The van der Waals surface area contributed by atoms with E-state index in [9.17, 15) is 4.79 Å². The Labute approximate surface area is 181 Å². The molecular formula is C24H26N4OS. The van der Waals surface area contributed by atoms with Crippen LogP contribution in [0, 0.1) is 0 Å². The van der Waals surface area contributed by atoms with Gasteiger partial charge in [-0.05, 0) is 50.3 Å². The fraction of sp³-hybridized carbons (Fsp3) is 0.375. The van der Waals surface area contributed by atoms with Gasteiger partial charge in [0.25, 0.3) is 0 Å². The number of thioether (sulfide) groups is 1.